The lowest BCUT2D eigenvalue weighted by Crippen LogP contribution is -2.16. The van der Waals surface area contributed by atoms with Crippen LogP contribution in [0.4, 0.5) is 0 Å². The molecule has 21 heavy (non-hydrogen) atoms. The highest BCUT2D eigenvalue weighted by Gasteiger charge is 2.20. The third-order valence-electron chi connectivity index (χ3n) is 4.22. The van der Waals surface area contributed by atoms with Crippen molar-refractivity contribution in [1.29, 1.82) is 0 Å². The van der Waals surface area contributed by atoms with Crippen LogP contribution in [0.15, 0.2) is 36.4 Å². The lowest BCUT2D eigenvalue weighted by molar-refractivity contribution is 0.459. The molecular formula is C18H20N2O. The number of pyridine rings is 1. The molecule has 0 aliphatic heterocycles. The zero-order chi connectivity index (χ0) is 14.1. The smallest absolute Gasteiger partial charge is 0.219 e. The molecule has 2 aliphatic carbocycles. The van der Waals surface area contributed by atoms with Crippen LogP contribution in [-0.4, -0.2) is 11.0 Å². The zero-order valence-corrected chi connectivity index (χ0v) is 12.1. The van der Waals surface area contributed by atoms with Gasteiger partial charge in [0.2, 0.25) is 5.88 Å². The first-order valence-electron chi connectivity index (χ1n) is 7.86. The van der Waals surface area contributed by atoms with Crippen molar-refractivity contribution in [1.82, 2.24) is 10.3 Å². The Labute approximate surface area is 125 Å². The number of nitrogens with one attached hydrogen (secondary N) is 1. The summed E-state index contributed by atoms with van der Waals surface area (Å²) < 4.78 is 5.93. The number of aromatic nitrogens is 1. The van der Waals surface area contributed by atoms with Crippen molar-refractivity contribution in [2.24, 2.45) is 0 Å². The normalized spacial score (nSPS) is 16.8. The van der Waals surface area contributed by atoms with E-state index < -0.39 is 0 Å². The van der Waals surface area contributed by atoms with Gasteiger partial charge < -0.3 is 10.1 Å². The Kier molecular flexibility index (Phi) is 3.36. The van der Waals surface area contributed by atoms with E-state index in [0.717, 1.165) is 18.0 Å². The molecule has 0 spiro atoms. The van der Waals surface area contributed by atoms with Crippen molar-refractivity contribution in [2.45, 2.75) is 44.7 Å². The van der Waals surface area contributed by atoms with E-state index in [0.29, 0.717) is 11.9 Å². The highest BCUT2D eigenvalue weighted by Crippen LogP contribution is 2.28. The van der Waals surface area contributed by atoms with Gasteiger partial charge in [-0.1, -0.05) is 12.1 Å². The fourth-order valence-electron chi connectivity index (χ4n) is 2.88. The van der Waals surface area contributed by atoms with Crippen LogP contribution in [0.1, 0.15) is 36.1 Å². The van der Waals surface area contributed by atoms with Crippen molar-refractivity contribution < 1.29 is 4.74 Å². The summed E-state index contributed by atoms with van der Waals surface area (Å²) in [6.45, 7) is 0.825. The molecule has 2 aliphatic rings. The Balaban J connectivity index is 1.47. The number of hydrogen-bond donors (Lipinski definition) is 1. The number of hydrogen-bond acceptors (Lipinski definition) is 3. The summed E-state index contributed by atoms with van der Waals surface area (Å²) in [6, 6.07) is 13.1. The van der Waals surface area contributed by atoms with Gasteiger partial charge in [-0.05, 0) is 61.4 Å². The van der Waals surface area contributed by atoms with Crippen LogP contribution in [-0.2, 0) is 19.4 Å². The second-order valence-corrected chi connectivity index (χ2v) is 6.01. The number of benzene rings is 1. The summed E-state index contributed by atoms with van der Waals surface area (Å²) in [7, 11) is 0. The number of rotatable bonds is 5. The second kappa shape index (κ2) is 5.49. The Morgan fingerprint density at radius 1 is 1.10 bits per heavy atom. The first kappa shape index (κ1) is 12.8. The molecule has 1 heterocycles. The standard InChI is InChI=1S/C18H20N2O/c1-3-13-7-10-17(11-14(13)4-1)21-18-6-2-5-16(20-18)12-19-15-8-9-15/h2,5-7,10-11,15,19H,1,3-4,8-9,12H2. The van der Waals surface area contributed by atoms with Crippen molar-refractivity contribution in [3.63, 3.8) is 0 Å². The van der Waals surface area contributed by atoms with Gasteiger partial charge >= 0.3 is 0 Å². The average Bonchev–Trinajstić information content (AvgIpc) is 3.22. The number of fused-ring (bicyclic) bond motifs is 1. The molecule has 1 fully saturated rings. The summed E-state index contributed by atoms with van der Waals surface area (Å²) in [6.07, 6.45) is 6.23. The Hall–Kier alpha value is -1.87. The SMILES string of the molecule is c1cc(CNC2CC2)nc(Oc2ccc3c(c2)CCC3)c1. The molecule has 108 valence electrons. The third kappa shape index (κ3) is 3.08. The highest BCUT2D eigenvalue weighted by molar-refractivity contribution is 5.39. The molecule has 3 nitrogen and oxygen atoms in total. The van der Waals surface area contributed by atoms with Gasteiger partial charge in [0.25, 0.3) is 0 Å². The van der Waals surface area contributed by atoms with Gasteiger partial charge in [0, 0.05) is 18.7 Å². The first-order chi connectivity index (χ1) is 10.4. The molecule has 0 atom stereocenters. The van der Waals surface area contributed by atoms with Gasteiger partial charge in [0.05, 0.1) is 5.69 Å². The summed E-state index contributed by atoms with van der Waals surface area (Å²) in [5, 5.41) is 3.48. The maximum Gasteiger partial charge on any atom is 0.219 e. The van der Waals surface area contributed by atoms with Gasteiger partial charge in [-0.3, -0.25) is 0 Å². The fourth-order valence-corrected chi connectivity index (χ4v) is 2.88. The Morgan fingerprint density at radius 3 is 2.90 bits per heavy atom. The van der Waals surface area contributed by atoms with Crippen LogP contribution in [0.2, 0.25) is 0 Å². The fraction of sp³-hybridized carbons (Fsp3) is 0.389. The van der Waals surface area contributed by atoms with Gasteiger partial charge in [-0.2, -0.15) is 0 Å². The van der Waals surface area contributed by atoms with Crippen LogP contribution in [0, 0.1) is 0 Å². The molecule has 0 radical (unpaired) electrons. The molecule has 0 saturated heterocycles. The Bertz CT molecular complexity index is 649. The molecule has 3 heteroatoms. The molecule has 1 aromatic heterocycles. The number of aryl methyl sites for hydroxylation is 2. The largest absolute Gasteiger partial charge is 0.439 e. The van der Waals surface area contributed by atoms with Crippen LogP contribution in [0.25, 0.3) is 0 Å². The topological polar surface area (TPSA) is 34.2 Å². The van der Waals surface area contributed by atoms with E-state index in [1.54, 1.807) is 0 Å². The maximum atomic E-state index is 5.93. The molecule has 0 unspecified atom stereocenters. The van der Waals surface area contributed by atoms with Crippen LogP contribution in [0.5, 0.6) is 11.6 Å². The maximum absolute atomic E-state index is 5.93. The van der Waals surface area contributed by atoms with E-state index in [1.807, 2.05) is 18.2 Å². The molecule has 1 saturated carbocycles. The first-order valence-corrected chi connectivity index (χ1v) is 7.86. The van der Waals surface area contributed by atoms with Crippen LogP contribution in [0.3, 0.4) is 0 Å². The lowest BCUT2D eigenvalue weighted by Gasteiger charge is -2.08. The molecule has 4 rings (SSSR count). The van der Waals surface area contributed by atoms with E-state index in [2.05, 4.69) is 28.5 Å². The second-order valence-electron chi connectivity index (χ2n) is 6.01. The van der Waals surface area contributed by atoms with Crippen molar-refractivity contribution in [3.8, 4) is 11.6 Å². The van der Waals surface area contributed by atoms with E-state index in [1.165, 1.54) is 43.2 Å². The zero-order valence-electron chi connectivity index (χ0n) is 12.1. The minimum atomic E-state index is 0.683. The molecular weight excluding hydrogens is 260 g/mol. The minimum absolute atomic E-state index is 0.683. The van der Waals surface area contributed by atoms with Gasteiger partial charge in [-0.15, -0.1) is 0 Å². The van der Waals surface area contributed by atoms with E-state index in [-0.39, 0.29) is 0 Å². The van der Waals surface area contributed by atoms with Gasteiger partial charge in [0.1, 0.15) is 5.75 Å². The molecule has 1 aromatic carbocycles. The molecule has 0 amide bonds. The summed E-state index contributed by atoms with van der Waals surface area (Å²) in [5.41, 5.74) is 3.94. The minimum Gasteiger partial charge on any atom is -0.439 e. The summed E-state index contributed by atoms with van der Waals surface area (Å²) in [4.78, 5) is 4.58. The van der Waals surface area contributed by atoms with Crippen LogP contribution >= 0.6 is 0 Å². The predicted octanol–water partition coefficient (Wildman–Crippen LogP) is 3.61. The lowest BCUT2D eigenvalue weighted by atomic mass is 10.1. The summed E-state index contributed by atoms with van der Waals surface area (Å²) in [5.74, 6) is 1.58. The van der Waals surface area contributed by atoms with Crippen LogP contribution < -0.4 is 10.1 Å². The van der Waals surface area contributed by atoms with Crippen molar-refractivity contribution >= 4 is 0 Å². The highest BCUT2D eigenvalue weighted by atomic mass is 16.5. The van der Waals surface area contributed by atoms with Crippen molar-refractivity contribution in [2.75, 3.05) is 0 Å². The van der Waals surface area contributed by atoms with E-state index >= 15 is 0 Å². The van der Waals surface area contributed by atoms with E-state index in [9.17, 15) is 0 Å². The molecule has 2 aromatic rings. The predicted molar refractivity (Wildman–Crippen MR) is 82.6 cm³/mol. The third-order valence-corrected chi connectivity index (χ3v) is 4.22. The van der Waals surface area contributed by atoms with Gasteiger partial charge in [-0.25, -0.2) is 4.98 Å². The Morgan fingerprint density at radius 2 is 2.00 bits per heavy atom. The monoisotopic (exact) mass is 280 g/mol. The summed E-state index contributed by atoms with van der Waals surface area (Å²) >= 11 is 0. The van der Waals surface area contributed by atoms with E-state index in [4.69, 9.17) is 4.74 Å². The quantitative estimate of drug-likeness (QED) is 0.908. The van der Waals surface area contributed by atoms with Crippen molar-refractivity contribution in [3.05, 3.63) is 53.2 Å². The number of nitrogens with zero attached hydrogens (tertiary/aromatic N) is 1. The average molecular weight is 280 g/mol. The molecule has 0 bridgehead atoms. The molecule has 1 N–H and O–H groups in total. The number of ether oxygens (including phenoxy) is 1. The van der Waals surface area contributed by atoms with Gasteiger partial charge in [0.15, 0.2) is 0 Å².